The number of carbonyl (C=O) groups excluding carboxylic acids is 1. The molecule has 0 aliphatic carbocycles. The molecule has 0 bridgehead atoms. The molecule has 1 atom stereocenters. The Kier molecular flexibility index (Phi) is 6.22. The summed E-state index contributed by atoms with van der Waals surface area (Å²) in [7, 11) is 1.51. The average Bonchev–Trinajstić information content (AvgIpc) is 3.23. The maximum Gasteiger partial charge on any atom is 0.333 e. The van der Waals surface area contributed by atoms with Gasteiger partial charge in [-0.15, -0.1) is 11.3 Å². The maximum absolute atomic E-state index is 14.2. The number of hydrogen-bond donors (Lipinski definition) is 4. The van der Waals surface area contributed by atoms with Crippen LogP contribution in [0.1, 0.15) is 21.3 Å². The van der Waals surface area contributed by atoms with E-state index in [4.69, 9.17) is 11.6 Å². The molecule has 9 nitrogen and oxygen atoms in total. The number of amides is 1. The highest BCUT2D eigenvalue weighted by molar-refractivity contribution is 7.16. The number of carboxylic acid groups (broad SMARTS) is 1. The molecule has 4 N–H and O–H groups in total. The van der Waals surface area contributed by atoms with E-state index in [2.05, 4.69) is 15.6 Å². The van der Waals surface area contributed by atoms with E-state index in [1.807, 2.05) is 0 Å². The minimum absolute atomic E-state index is 0.0307. The zero-order valence-electron chi connectivity index (χ0n) is 17.4. The summed E-state index contributed by atoms with van der Waals surface area (Å²) in [6.07, 6.45) is 0. The number of aliphatic carboxylic acids is 1. The van der Waals surface area contributed by atoms with Crippen LogP contribution in [-0.4, -0.2) is 33.6 Å². The van der Waals surface area contributed by atoms with Crippen LogP contribution < -0.4 is 21.9 Å². The third-order valence-corrected chi connectivity index (χ3v) is 6.34. The van der Waals surface area contributed by atoms with Gasteiger partial charge in [0.2, 0.25) is 0 Å². The molecule has 174 valence electrons. The van der Waals surface area contributed by atoms with E-state index in [9.17, 15) is 28.7 Å². The number of hydrogen-bond acceptors (Lipinski definition) is 6. The van der Waals surface area contributed by atoms with E-state index in [1.54, 1.807) is 0 Å². The number of nitrogens with zero attached hydrogens (tertiary/aromatic N) is 1. The van der Waals surface area contributed by atoms with Crippen molar-refractivity contribution < 1.29 is 19.1 Å². The van der Waals surface area contributed by atoms with Crippen LogP contribution in [0.5, 0.6) is 0 Å². The Morgan fingerprint density at radius 1 is 1.15 bits per heavy atom. The van der Waals surface area contributed by atoms with E-state index in [1.165, 1.54) is 49.5 Å². The van der Waals surface area contributed by atoms with E-state index < -0.39 is 35.0 Å². The van der Waals surface area contributed by atoms with Crippen LogP contribution >= 0.6 is 22.9 Å². The number of carbonyl (C=O) groups is 2. The highest BCUT2D eigenvalue weighted by Crippen LogP contribution is 2.27. The van der Waals surface area contributed by atoms with E-state index in [0.29, 0.717) is 9.21 Å². The fraction of sp³-hybridized carbons (Fsp3) is 0.0909. The summed E-state index contributed by atoms with van der Waals surface area (Å²) < 4.78 is 15.4. The molecule has 0 saturated carbocycles. The van der Waals surface area contributed by atoms with Gasteiger partial charge in [0, 0.05) is 17.5 Å². The van der Waals surface area contributed by atoms with E-state index in [-0.39, 0.29) is 27.8 Å². The summed E-state index contributed by atoms with van der Waals surface area (Å²) >= 11 is 6.89. The zero-order valence-corrected chi connectivity index (χ0v) is 19.0. The largest absolute Gasteiger partial charge is 0.479 e. The normalized spacial score (nSPS) is 11.9. The molecule has 2 heterocycles. The number of H-pyrrole nitrogens is 1. The van der Waals surface area contributed by atoms with Crippen LogP contribution in [0, 0.1) is 5.82 Å². The Morgan fingerprint density at radius 2 is 1.85 bits per heavy atom. The molecule has 12 heteroatoms. The molecule has 0 spiro atoms. The Hall–Kier alpha value is -3.96. The lowest BCUT2D eigenvalue weighted by molar-refractivity contribution is -0.139. The average molecular weight is 503 g/mol. The first-order valence-corrected chi connectivity index (χ1v) is 10.9. The molecule has 2 aromatic carbocycles. The number of benzene rings is 2. The summed E-state index contributed by atoms with van der Waals surface area (Å²) in [5.74, 6) is -2.59. The van der Waals surface area contributed by atoms with Gasteiger partial charge in [0.1, 0.15) is 5.82 Å². The number of aromatic nitrogens is 2. The minimum atomic E-state index is -1.30. The molecule has 4 aromatic rings. The van der Waals surface area contributed by atoms with Gasteiger partial charge in [-0.05, 0) is 48.5 Å². The number of thiophene rings is 1. The first-order chi connectivity index (χ1) is 16.2. The van der Waals surface area contributed by atoms with Gasteiger partial charge in [-0.2, -0.15) is 0 Å². The number of fused-ring (bicyclic) bond motifs is 1. The smallest absolute Gasteiger partial charge is 0.333 e. The van der Waals surface area contributed by atoms with Crippen molar-refractivity contribution in [3.63, 3.8) is 0 Å². The lowest BCUT2D eigenvalue weighted by Gasteiger charge is -2.13. The summed E-state index contributed by atoms with van der Waals surface area (Å²) in [5.41, 5.74) is -0.946. The second-order valence-electron chi connectivity index (χ2n) is 7.13. The Labute approximate surface area is 199 Å². The molecule has 2 aromatic heterocycles. The Bertz CT molecular complexity index is 1540. The van der Waals surface area contributed by atoms with Gasteiger partial charge in [-0.1, -0.05) is 11.6 Å². The van der Waals surface area contributed by atoms with Gasteiger partial charge in [0.05, 0.1) is 26.6 Å². The second-order valence-corrected chi connectivity index (χ2v) is 8.88. The van der Waals surface area contributed by atoms with Crippen LogP contribution in [-0.2, 0) is 4.79 Å². The van der Waals surface area contributed by atoms with Crippen LogP contribution in [0.3, 0.4) is 0 Å². The minimum Gasteiger partial charge on any atom is -0.479 e. The molecule has 1 amide bonds. The summed E-state index contributed by atoms with van der Waals surface area (Å²) in [6.45, 7) is 0. The fourth-order valence-corrected chi connectivity index (χ4v) is 4.48. The van der Waals surface area contributed by atoms with Gasteiger partial charge in [0.15, 0.2) is 6.04 Å². The standard InChI is InChI=1S/C22H16ClFN4O5S/c1-25-15-9-14-12(8-13(15)24)20(30)28(22(33)26-14)11-4-2-10(3-5-11)19(29)27-18(21(31)32)16-6-7-17(23)34-16/h2-9,18,25H,1H3,(H,26,33)(H,27,29)(H,31,32). The maximum atomic E-state index is 14.2. The monoisotopic (exact) mass is 502 g/mol. The molecule has 0 aliphatic rings. The van der Waals surface area contributed by atoms with Crippen molar-refractivity contribution in [1.82, 2.24) is 14.9 Å². The predicted octanol–water partition coefficient (Wildman–Crippen LogP) is 3.13. The number of carboxylic acids is 1. The molecule has 1 unspecified atom stereocenters. The Morgan fingerprint density at radius 3 is 2.44 bits per heavy atom. The van der Waals surface area contributed by atoms with Crippen molar-refractivity contribution in [2.24, 2.45) is 0 Å². The molecule has 0 radical (unpaired) electrons. The van der Waals surface area contributed by atoms with Crippen LogP contribution in [0.25, 0.3) is 16.6 Å². The molecule has 0 saturated heterocycles. The number of aromatic amines is 1. The molecular weight excluding hydrogens is 487 g/mol. The van der Waals surface area contributed by atoms with Crippen molar-refractivity contribution in [3.8, 4) is 5.69 Å². The first kappa shape index (κ1) is 23.2. The highest BCUT2D eigenvalue weighted by Gasteiger charge is 2.24. The van der Waals surface area contributed by atoms with Crippen molar-refractivity contribution >= 4 is 51.4 Å². The number of rotatable bonds is 6. The second kappa shape index (κ2) is 9.12. The third-order valence-electron chi connectivity index (χ3n) is 5.04. The van der Waals surface area contributed by atoms with E-state index >= 15 is 0 Å². The zero-order chi connectivity index (χ0) is 24.6. The lowest BCUT2D eigenvalue weighted by atomic mass is 10.1. The van der Waals surface area contributed by atoms with Gasteiger partial charge in [-0.25, -0.2) is 18.5 Å². The fourth-order valence-electron chi connectivity index (χ4n) is 3.38. The van der Waals surface area contributed by atoms with Crippen molar-refractivity contribution in [2.75, 3.05) is 12.4 Å². The van der Waals surface area contributed by atoms with E-state index in [0.717, 1.165) is 22.0 Å². The van der Waals surface area contributed by atoms with Crippen LogP contribution in [0.2, 0.25) is 4.34 Å². The van der Waals surface area contributed by atoms with Crippen LogP contribution in [0.4, 0.5) is 10.1 Å². The van der Waals surface area contributed by atoms with Gasteiger partial charge < -0.3 is 20.7 Å². The third kappa shape index (κ3) is 4.30. The first-order valence-electron chi connectivity index (χ1n) is 9.75. The molecule has 34 heavy (non-hydrogen) atoms. The van der Waals surface area contributed by atoms with Gasteiger partial charge in [-0.3, -0.25) is 9.59 Å². The molecule has 0 aliphatic heterocycles. The number of halogens is 2. The molecule has 0 fully saturated rings. The SMILES string of the molecule is CNc1cc2[nH]c(=O)n(-c3ccc(C(=O)NC(C(=O)O)c4ccc(Cl)s4)cc3)c(=O)c2cc1F. The number of nitrogens with one attached hydrogen (secondary N) is 3. The van der Waals surface area contributed by atoms with Crippen molar-refractivity contribution in [2.45, 2.75) is 6.04 Å². The summed E-state index contributed by atoms with van der Waals surface area (Å²) in [4.78, 5) is 52.6. The topological polar surface area (TPSA) is 133 Å². The van der Waals surface area contributed by atoms with Crippen LogP contribution in [0.15, 0.2) is 58.1 Å². The van der Waals surface area contributed by atoms with Gasteiger partial charge in [0.25, 0.3) is 11.5 Å². The molecular formula is C22H16ClFN4O5S. The Balaban J connectivity index is 1.66. The summed E-state index contributed by atoms with van der Waals surface area (Å²) in [5, 5.41) is 14.5. The van der Waals surface area contributed by atoms with Gasteiger partial charge >= 0.3 is 11.7 Å². The summed E-state index contributed by atoms with van der Waals surface area (Å²) in [6, 6.07) is 9.48. The predicted molar refractivity (Wildman–Crippen MR) is 127 cm³/mol. The van der Waals surface area contributed by atoms with Crippen molar-refractivity contribution in [1.29, 1.82) is 0 Å². The quantitative estimate of drug-likeness (QED) is 0.320. The lowest BCUT2D eigenvalue weighted by Crippen LogP contribution is -2.34. The number of anilines is 1. The molecule has 4 rings (SSSR count). The van der Waals surface area contributed by atoms with Crippen molar-refractivity contribution in [3.05, 3.63) is 90.0 Å². The highest BCUT2D eigenvalue weighted by atomic mass is 35.5.